The number of pyridine rings is 1. The fraction of sp³-hybridized carbons (Fsp3) is 0.138. The van der Waals surface area contributed by atoms with Crippen molar-refractivity contribution < 1.29 is 13.2 Å². The summed E-state index contributed by atoms with van der Waals surface area (Å²) in [4.78, 5) is 21.8. The topological polar surface area (TPSA) is 93.9 Å². The van der Waals surface area contributed by atoms with Crippen LogP contribution in [0.1, 0.15) is 33.0 Å². The molecule has 0 saturated carbocycles. The number of aryl methyl sites for hydroxylation is 3. The Balaban J connectivity index is 1.36. The summed E-state index contributed by atoms with van der Waals surface area (Å²) in [6.45, 7) is 2.25. The van der Waals surface area contributed by atoms with Gasteiger partial charge >= 0.3 is 0 Å². The molecule has 1 N–H and O–H groups in total. The minimum atomic E-state index is -4.03. The van der Waals surface area contributed by atoms with E-state index in [2.05, 4.69) is 32.9 Å². The van der Waals surface area contributed by atoms with Gasteiger partial charge in [-0.3, -0.25) is 4.79 Å². The number of aromatic nitrogens is 3. The normalized spacial score (nSPS) is 11.5. The van der Waals surface area contributed by atoms with Crippen LogP contribution in [0.25, 0.3) is 11.2 Å². The van der Waals surface area contributed by atoms with Crippen molar-refractivity contribution in [2.24, 2.45) is 0 Å². The van der Waals surface area contributed by atoms with Gasteiger partial charge in [0.15, 0.2) is 5.65 Å². The highest BCUT2D eigenvalue weighted by atomic mass is 35.5. The summed E-state index contributed by atoms with van der Waals surface area (Å²) in [6.07, 6.45) is 1.81. The third-order valence-electron chi connectivity index (χ3n) is 6.29. The van der Waals surface area contributed by atoms with Crippen LogP contribution in [0.5, 0.6) is 0 Å². The second kappa shape index (κ2) is 10.8. The SMILES string of the molecule is Cc1nc2ccc(C(=O)NS(=O)(=O)c3ccccc3)nc2n1Cc1ccc(CCc2ccccc2)cc1Cl. The van der Waals surface area contributed by atoms with E-state index >= 15 is 0 Å². The number of hydrogen-bond donors (Lipinski definition) is 1. The molecule has 0 saturated heterocycles. The van der Waals surface area contributed by atoms with Crippen molar-refractivity contribution in [2.45, 2.75) is 31.2 Å². The molecule has 0 bridgehead atoms. The quantitative estimate of drug-likeness (QED) is 0.284. The molecule has 0 unspecified atom stereocenters. The Morgan fingerprint density at radius 1 is 0.868 bits per heavy atom. The largest absolute Gasteiger partial charge is 0.308 e. The Hall–Kier alpha value is -4.01. The molecule has 0 radical (unpaired) electrons. The average molecular weight is 545 g/mol. The number of rotatable bonds is 8. The molecular formula is C29H25ClN4O3S. The van der Waals surface area contributed by atoms with Crippen molar-refractivity contribution in [3.05, 3.63) is 124 Å². The first-order valence-electron chi connectivity index (χ1n) is 12.1. The number of amides is 1. The van der Waals surface area contributed by atoms with Crippen LogP contribution in [-0.2, 0) is 29.4 Å². The van der Waals surface area contributed by atoms with Gasteiger partial charge in [-0.25, -0.2) is 23.1 Å². The molecule has 2 heterocycles. The van der Waals surface area contributed by atoms with Crippen molar-refractivity contribution in [3.8, 4) is 0 Å². The Bertz CT molecular complexity index is 1720. The molecule has 0 fully saturated rings. The number of hydrogen-bond acceptors (Lipinski definition) is 5. The first kappa shape index (κ1) is 25.6. The smallest absolute Gasteiger partial charge is 0.283 e. The van der Waals surface area contributed by atoms with E-state index in [0.29, 0.717) is 28.6 Å². The maximum Gasteiger partial charge on any atom is 0.283 e. The van der Waals surface area contributed by atoms with E-state index < -0.39 is 15.9 Å². The minimum absolute atomic E-state index is 0.00262. The number of carbonyl (C=O) groups excluding carboxylic acids is 1. The molecule has 38 heavy (non-hydrogen) atoms. The Labute approximate surface area is 226 Å². The van der Waals surface area contributed by atoms with Crippen LogP contribution < -0.4 is 4.72 Å². The van der Waals surface area contributed by atoms with Gasteiger partial charge in [-0.05, 0) is 66.8 Å². The summed E-state index contributed by atoms with van der Waals surface area (Å²) in [5, 5.41) is 0.639. The zero-order chi connectivity index (χ0) is 26.7. The molecule has 2 aromatic heterocycles. The van der Waals surface area contributed by atoms with Crippen LogP contribution in [0.4, 0.5) is 0 Å². The molecule has 1 amide bonds. The fourth-order valence-electron chi connectivity index (χ4n) is 4.24. The predicted octanol–water partition coefficient (Wildman–Crippen LogP) is 5.35. The van der Waals surface area contributed by atoms with Gasteiger partial charge < -0.3 is 4.57 Å². The van der Waals surface area contributed by atoms with Crippen molar-refractivity contribution in [2.75, 3.05) is 0 Å². The summed E-state index contributed by atoms with van der Waals surface area (Å²) < 4.78 is 29.1. The lowest BCUT2D eigenvalue weighted by molar-refractivity contribution is 0.0977. The molecule has 7 nitrogen and oxygen atoms in total. The highest BCUT2D eigenvalue weighted by molar-refractivity contribution is 7.90. The summed E-state index contributed by atoms with van der Waals surface area (Å²) in [5.74, 6) is -0.117. The Morgan fingerprint density at radius 3 is 2.26 bits per heavy atom. The number of nitrogens with one attached hydrogen (secondary N) is 1. The summed E-state index contributed by atoms with van der Waals surface area (Å²) >= 11 is 6.66. The van der Waals surface area contributed by atoms with Gasteiger partial charge in [0.05, 0.1) is 11.4 Å². The predicted molar refractivity (Wildman–Crippen MR) is 148 cm³/mol. The highest BCUT2D eigenvalue weighted by Crippen LogP contribution is 2.23. The van der Waals surface area contributed by atoms with E-state index in [1.807, 2.05) is 41.8 Å². The molecule has 5 rings (SSSR count). The monoisotopic (exact) mass is 544 g/mol. The number of benzene rings is 3. The van der Waals surface area contributed by atoms with Gasteiger partial charge in [0.2, 0.25) is 0 Å². The van der Waals surface area contributed by atoms with Crippen LogP contribution in [0, 0.1) is 6.92 Å². The first-order valence-corrected chi connectivity index (χ1v) is 13.9. The molecule has 0 aliphatic heterocycles. The maximum absolute atomic E-state index is 12.8. The van der Waals surface area contributed by atoms with Gasteiger partial charge in [0, 0.05) is 5.02 Å². The van der Waals surface area contributed by atoms with E-state index in [-0.39, 0.29) is 10.6 Å². The van der Waals surface area contributed by atoms with Gasteiger partial charge in [-0.2, -0.15) is 0 Å². The summed E-state index contributed by atoms with van der Waals surface area (Å²) in [7, 11) is -4.03. The summed E-state index contributed by atoms with van der Waals surface area (Å²) in [6, 6.07) is 27.2. The summed E-state index contributed by atoms with van der Waals surface area (Å²) in [5.41, 5.74) is 4.35. The van der Waals surface area contributed by atoms with Crippen LogP contribution in [0.3, 0.4) is 0 Å². The Morgan fingerprint density at radius 2 is 1.55 bits per heavy atom. The van der Waals surface area contributed by atoms with Crippen molar-refractivity contribution in [3.63, 3.8) is 0 Å². The zero-order valence-electron chi connectivity index (χ0n) is 20.6. The molecule has 5 aromatic rings. The van der Waals surface area contributed by atoms with E-state index in [4.69, 9.17) is 11.6 Å². The van der Waals surface area contributed by atoms with Gasteiger partial charge in [-0.15, -0.1) is 0 Å². The second-order valence-corrected chi connectivity index (χ2v) is 11.0. The van der Waals surface area contributed by atoms with Crippen molar-refractivity contribution in [1.29, 1.82) is 0 Å². The third-order valence-corrected chi connectivity index (χ3v) is 7.99. The third kappa shape index (κ3) is 5.61. The molecule has 192 valence electrons. The first-order chi connectivity index (χ1) is 18.3. The van der Waals surface area contributed by atoms with Gasteiger partial charge in [0.1, 0.15) is 17.0 Å². The fourth-order valence-corrected chi connectivity index (χ4v) is 5.49. The molecule has 0 atom stereocenters. The lowest BCUT2D eigenvalue weighted by atomic mass is 10.0. The lowest BCUT2D eigenvalue weighted by Gasteiger charge is -2.11. The number of halogens is 1. The number of imidazole rings is 1. The molecule has 3 aromatic carbocycles. The van der Waals surface area contributed by atoms with Gasteiger partial charge in [0.25, 0.3) is 15.9 Å². The molecule has 9 heteroatoms. The van der Waals surface area contributed by atoms with Crippen LogP contribution in [-0.4, -0.2) is 28.9 Å². The molecule has 0 aliphatic rings. The van der Waals surface area contributed by atoms with E-state index in [1.54, 1.807) is 24.3 Å². The van der Waals surface area contributed by atoms with Crippen LogP contribution in [0.15, 0.2) is 95.9 Å². The second-order valence-electron chi connectivity index (χ2n) is 8.94. The minimum Gasteiger partial charge on any atom is -0.308 e. The molecule has 0 aliphatic carbocycles. The maximum atomic E-state index is 12.8. The highest BCUT2D eigenvalue weighted by Gasteiger charge is 2.21. The number of carbonyl (C=O) groups is 1. The van der Waals surface area contributed by atoms with E-state index in [0.717, 1.165) is 24.0 Å². The number of sulfonamides is 1. The lowest BCUT2D eigenvalue weighted by Crippen LogP contribution is -2.31. The Kier molecular flexibility index (Phi) is 7.26. The van der Waals surface area contributed by atoms with Crippen LogP contribution >= 0.6 is 11.6 Å². The van der Waals surface area contributed by atoms with Gasteiger partial charge in [-0.1, -0.05) is 72.3 Å². The van der Waals surface area contributed by atoms with E-state index in [1.165, 1.54) is 23.8 Å². The molecule has 0 spiro atoms. The zero-order valence-corrected chi connectivity index (χ0v) is 22.2. The number of fused-ring (bicyclic) bond motifs is 1. The average Bonchev–Trinajstić information content (AvgIpc) is 3.23. The molecular weight excluding hydrogens is 520 g/mol. The van der Waals surface area contributed by atoms with Crippen molar-refractivity contribution in [1.82, 2.24) is 19.3 Å². The van der Waals surface area contributed by atoms with Crippen molar-refractivity contribution >= 4 is 38.7 Å². The number of nitrogens with zero attached hydrogens (tertiary/aromatic N) is 3. The standard InChI is InChI=1S/C29H25ClN4O3S/c1-20-31-26-16-17-27(29(35)33-38(36,37)24-10-6-3-7-11-24)32-28(26)34(20)19-23-15-14-22(18-25(23)30)13-12-21-8-4-2-5-9-21/h2-11,14-18H,12-13,19H2,1H3,(H,33,35). The van der Waals surface area contributed by atoms with Crippen LogP contribution in [0.2, 0.25) is 5.02 Å². The van der Waals surface area contributed by atoms with E-state index in [9.17, 15) is 13.2 Å².